The zero-order valence-corrected chi connectivity index (χ0v) is 13.0. The second-order valence-corrected chi connectivity index (χ2v) is 6.83. The summed E-state index contributed by atoms with van der Waals surface area (Å²) < 4.78 is 0. The summed E-state index contributed by atoms with van der Waals surface area (Å²) in [5.41, 5.74) is 1.56. The molecule has 3 heteroatoms. The number of nitrogens with zero attached hydrogens (tertiary/aromatic N) is 2. The largest absolute Gasteiger partial charge is 0.300 e. The van der Waals surface area contributed by atoms with E-state index in [1.807, 2.05) is 36.4 Å². The number of para-hydroxylation sites is 1. The lowest BCUT2D eigenvalue weighted by Gasteiger charge is -2.46. The highest BCUT2D eigenvalue weighted by molar-refractivity contribution is 5.98. The monoisotopic (exact) mass is 294 g/mol. The summed E-state index contributed by atoms with van der Waals surface area (Å²) in [6.07, 6.45) is 5.79. The van der Waals surface area contributed by atoms with Crippen molar-refractivity contribution in [3.8, 4) is 0 Å². The number of aromatic nitrogens is 1. The highest BCUT2D eigenvalue weighted by Gasteiger charge is 2.39. The molecular formula is C19H22N2O. The van der Waals surface area contributed by atoms with Crippen molar-refractivity contribution >= 4 is 16.7 Å². The number of fused-ring (bicyclic) bond motifs is 3. The summed E-state index contributed by atoms with van der Waals surface area (Å²) in [5.74, 6) is 0.399. The van der Waals surface area contributed by atoms with E-state index in [9.17, 15) is 4.79 Å². The summed E-state index contributed by atoms with van der Waals surface area (Å²) in [7, 11) is 2.23. The van der Waals surface area contributed by atoms with Crippen molar-refractivity contribution in [1.82, 2.24) is 9.88 Å². The number of hydrogen-bond acceptors (Lipinski definition) is 3. The highest BCUT2D eigenvalue weighted by atomic mass is 16.1. The van der Waals surface area contributed by atoms with E-state index in [-0.39, 0.29) is 11.7 Å². The smallest absolute Gasteiger partial charge is 0.184 e. The number of carbonyl (C=O) groups excluding carboxylic acids is 1. The van der Waals surface area contributed by atoms with E-state index in [0.717, 1.165) is 23.7 Å². The Kier molecular flexibility index (Phi) is 3.45. The average Bonchev–Trinajstić information content (AvgIpc) is 2.53. The molecule has 0 radical (unpaired) electrons. The van der Waals surface area contributed by atoms with Crippen LogP contribution in [0.5, 0.6) is 0 Å². The van der Waals surface area contributed by atoms with E-state index in [0.29, 0.717) is 17.8 Å². The molecule has 4 rings (SSSR count). The Balaban J connectivity index is 1.60. The van der Waals surface area contributed by atoms with Gasteiger partial charge in [0.25, 0.3) is 0 Å². The molecule has 2 atom stereocenters. The number of benzene rings is 1. The quantitative estimate of drug-likeness (QED) is 0.792. The first kappa shape index (κ1) is 13.9. The van der Waals surface area contributed by atoms with Gasteiger partial charge in [0.2, 0.25) is 0 Å². The topological polar surface area (TPSA) is 33.2 Å². The highest BCUT2D eigenvalue weighted by Crippen LogP contribution is 2.37. The molecule has 2 aliphatic heterocycles. The van der Waals surface area contributed by atoms with Gasteiger partial charge in [0, 0.05) is 23.4 Å². The van der Waals surface area contributed by atoms with Gasteiger partial charge in [0.05, 0.1) is 5.52 Å². The first-order chi connectivity index (χ1) is 10.7. The molecule has 1 aromatic carbocycles. The maximum atomic E-state index is 12.9. The molecular weight excluding hydrogens is 272 g/mol. The van der Waals surface area contributed by atoms with Gasteiger partial charge in [-0.15, -0.1) is 0 Å². The molecule has 114 valence electrons. The predicted octanol–water partition coefficient (Wildman–Crippen LogP) is 3.68. The van der Waals surface area contributed by atoms with E-state index >= 15 is 0 Å². The lowest BCUT2D eigenvalue weighted by atomic mass is 9.76. The number of carbonyl (C=O) groups is 1. The van der Waals surface area contributed by atoms with E-state index in [4.69, 9.17) is 0 Å². The summed E-state index contributed by atoms with van der Waals surface area (Å²) in [5, 5.41) is 1.10. The van der Waals surface area contributed by atoms with Gasteiger partial charge in [-0.1, -0.05) is 30.7 Å². The molecule has 1 aromatic heterocycles. The number of ketones is 1. The Hall–Kier alpha value is -1.74. The number of pyridine rings is 1. The van der Waals surface area contributed by atoms with Gasteiger partial charge in [-0.05, 0) is 44.9 Å². The minimum Gasteiger partial charge on any atom is -0.300 e. The third-order valence-electron chi connectivity index (χ3n) is 5.56. The van der Waals surface area contributed by atoms with Crippen molar-refractivity contribution in [3.63, 3.8) is 0 Å². The number of hydrogen-bond donors (Lipinski definition) is 0. The molecule has 0 aliphatic carbocycles. The second-order valence-electron chi connectivity index (χ2n) is 6.83. The van der Waals surface area contributed by atoms with Crippen LogP contribution in [0.2, 0.25) is 0 Å². The minimum absolute atomic E-state index is 0.153. The van der Waals surface area contributed by atoms with Gasteiger partial charge in [-0.25, -0.2) is 4.98 Å². The van der Waals surface area contributed by atoms with E-state index < -0.39 is 0 Å². The van der Waals surface area contributed by atoms with Crippen LogP contribution in [0.3, 0.4) is 0 Å². The van der Waals surface area contributed by atoms with Crippen LogP contribution in [0, 0.1) is 5.92 Å². The zero-order valence-electron chi connectivity index (χ0n) is 13.0. The fourth-order valence-corrected chi connectivity index (χ4v) is 4.24. The molecule has 22 heavy (non-hydrogen) atoms. The third kappa shape index (κ3) is 2.34. The number of piperidine rings is 2. The standard InChI is InChI=1S/C19H22N2O/c1-21-15-6-4-7-16(21)12-14(11-15)19(22)18-10-9-13-5-2-3-8-17(13)20-18/h2-3,5,8-10,14-16H,4,6-7,11-12H2,1H3. The van der Waals surface area contributed by atoms with Gasteiger partial charge in [-0.3, -0.25) is 4.79 Å². The third-order valence-corrected chi connectivity index (χ3v) is 5.56. The molecule has 2 fully saturated rings. The van der Waals surface area contributed by atoms with Crippen molar-refractivity contribution in [1.29, 1.82) is 0 Å². The Bertz CT molecular complexity index is 697. The van der Waals surface area contributed by atoms with Crippen molar-refractivity contribution in [2.24, 2.45) is 5.92 Å². The van der Waals surface area contributed by atoms with Gasteiger partial charge in [0.15, 0.2) is 5.78 Å². The number of Topliss-reactive ketones (excluding diaryl/α,β-unsaturated/α-hetero) is 1. The summed E-state index contributed by atoms with van der Waals surface area (Å²) in [4.78, 5) is 20.0. The summed E-state index contributed by atoms with van der Waals surface area (Å²) in [6.45, 7) is 0. The van der Waals surface area contributed by atoms with Crippen LogP contribution in [-0.2, 0) is 0 Å². The molecule has 2 bridgehead atoms. The van der Waals surface area contributed by atoms with Crippen LogP contribution in [0.4, 0.5) is 0 Å². The van der Waals surface area contributed by atoms with Crippen LogP contribution in [0.15, 0.2) is 36.4 Å². The Morgan fingerprint density at radius 3 is 2.59 bits per heavy atom. The molecule has 3 heterocycles. The lowest BCUT2D eigenvalue weighted by Crippen LogP contribution is -2.51. The fourth-order valence-electron chi connectivity index (χ4n) is 4.24. The van der Waals surface area contributed by atoms with Crippen molar-refractivity contribution in [3.05, 3.63) is 42.1 Å². The fraction of sp³-hybridized carbons (Fsp3) is 0.474. The molecule has 3 nitrogen and oxygen atoms in total. The predicted molar refractivity (Wildman–Crippen MR) is 88.0 cm³/mol. The first-order valence-electron chi connectivity index (χ1n) is 8.34. The van der Waals surface area contributed by atoms with Crippen LogP contribution < -0.4 is 0 Å². The Labute approximate surface area is 131 Å². The zero-order chi connectivity index (χ0) is 15.1. The van der Waals surface area contributed by atoms with Crippen LogP contribution in [0.1, 0.15) is 42.6 Å². The second kappa shape index (κ2) is 5.47. The molecule has 2 saturated heterocycles. The van der Waals surface area contributed by atoms with E-state index in [1.54, 1.807) is 0 Å². The molecule has 0 N–H and O–H groups in total. The van der Waals surface area contributed by atoms with Crippen molar-refractivity contribution in [2.45, 2.75) is 44.2 Å². The van der Waals surface area contributed by atoms with Crippen LogP contribution in [-0.4, -0.2) is 34.8 Å². The van der Waals surface area contributed by atoms with Gasteiger partial charge >= 0.3 is 0 Å². The molecule has 0 spiro atoms. The molecule has 2 aromatic rings. The Morgan fingerprint density at radius 2 is 1.82 bits per heavy atom. The van der Waals surface area contributed by atoms with E-state index in [2.05, 4.69) is 16.9 Å². The minimum atomic E-state index is 0.153. The average molecular weight is 294 g/mol. The van der Waals surface area contributed by atoms with Crippen LogP contribution in [0.25, 0.3) is 10.9 Å². The van der Waals surface area contributed by atoms with Crippen LogP contribution >= 0.6 is 0 Å². The van der Waals surface area contributed by atoms with Crippen molar-refractivity contribution in [2.75, 3.05) is 7.05 Å². The SMILES string of the molecule is CN1C2CCCC1CC(C(=O)c1ccc3ccccc3n1)C2. The van der Waals surface area contributed by atoms with Crippen molar-refractivity contribution < 1.29 is 4.79 Å². The summed E-state index contributed by atoms with van der Waals surface area (Å²) in [6, 6.07) is 13.1. The van der Waals surface area contributed by atoms with Gasteiger partial charge in [0.1, 0.15) is 5.69 Å². The molecule has 2 aliphatic rings. The lowest BCUT2D eigenvalue weighted by molar-refractivity contribution is 0.0336. The summed E-state index contributed by atoms with van der Waals surface area (Å²) >= 11 is 0. The van der Waals surface area contributed by atoms with Gasteiger partial charge < -0.3 is 4.90 Å². The maximum Gasteiger partial charge on any atom is 0.184 e. The van der Waals surface area contributed by atoms with Gasteiger partial charge in [-0.2, -0.15) is 0 Å². The van der Waals surface area contributed by atoms with E-state index in [1.165, 1.54) is 19.3 Å². The molecule has 0 saturated carbocycles. The first-order valence-corrected chi connectivity index (χ1v) is 8.34. The maximum absolute atomic E-state index is 12.9. The molecule has 2 unspecified atom stereocenters. The number of rotatable bonds is 2. The Morgan fingerprint density at radius 1 is 1.09 bits per heavy atom. The molecule has 0 amide bonds. The normalized spacial score (nSPS) is 28.7.